The SMILES string of the molecule is CCNC(=NCC1(C)CCCC1)N1CCC(c2cnn(C)c2)C1.I. The minimum absolute atomic E-state index is 0. The third kappa shape index (κ3) is 4.64. The van der Waals surface area contributed by atoms with Gasteiger partial charge in [-0.1, -0.05) is 19.8 Å². The summed E-state index contributed by atoms with van der Waals surface area (Å²) in [6.45, 7) is 8.58. The van der Waals surface area contributed by atoms with E-state index in [1.54, 1.807) is 0 Å². The molecule has 3 rings (SSSR count). The van der Waals surface area contributed by atoms with Gasteiger partial charge < -0.3 is 10.2 Å². The maximum absolute atomic E-state index is 4.99. The average Bonchev–Trinajstić information content (AvgIpc) is 3.24. The second-order valence-electron chi connectivity index (χ2n) is 7.57. The standard InChI is InChI=1S/C18H31N5.HI/c1-4-19-17(20-14-18(2)8-5-6-9-18)23-10-7-15(13-23)16-11-21-22(3)12-16;/h11-12,15H,4-10,13-14H2,1-3H3,(H,19,20);1H. The second kappa shape index (κ2) is 8.54. The molecule has 1 aromatic heterocycles. The van der Waals surface area contributed by atoms with Gasteiger partial charge in [0.05, 0.1) is 6.20 Å². The molecule has 24 heavy (non-hydrogen) atoms. The van der Waals surface area contributed by atoms with Crippen LogP contribution in [0.4, 0.5) is 0 Å². The van der Waals surface area contributed by atoms with Gasteiger partial charge in [-0.15, -0.1) is 24.0 Å². The minimum Gasteiger partial charge on any atom is -0.357 e. The molecule has 1 aromatic rings. The highest BCUT2D eigenvalue weighted by Gasteiger charge is 2.30. The number of nitrogens with one attached hydrogen (secondary N) is 1. The van der Waals surface area contributed by atoms with Gasteiger partial charge in [-0.05, 0) is 37.2 Å². The van der Waals surface area contributed by atoms with E-state index in [0.29, 0.717) is 11.3 Å². The summed E-state index contributed by atoms with van der Waals surface area (Å²) in [7, 11) is 1.99. The van der Waals surface area contributed by atoms with Gasteiger partial charge in [0.1, 0.15) is 0 Å². The molecule has 0 bridgehead atoms. The largest absolute Gasteiger partial charge is 0.357 e. The number of rotatable bonds is 4. The molecule has 0 aromatic carbocycles. The maximum Gasteiger partial charge on any atom is 0.193 e. The van der Waals surface area contributed by atoms with Gasteiger partial charge in [-0.3, -0.25) is 9.67 Å². The second-order valence-corrected chi connectivity index (χ2v) is 7.57. The van der Waals surface area contributed by atoms with E-state index in [1.165, 1.54) is 37.7 Å². The van der Waals surface area contributed by atoms with Gasteiger partial charge in [-0.25, -0.2) is 0 Å². The number of guanidine groups is 1. The molecule has 2 aliphatic rings. The molecule has 5 nitrogen and oxygen atoms in total. The normalized spacial score (nSPS) is 23.4. The Kier molecular flexibility index (Phi) is 6.95. The summed E-state index contributed by atoms with van der Waals surface area (Å²) >= 11 is 0. The van der Waals surface area contributed by atoms with Gasteiger partial charge >= 0.3 is 0 Å². The summed E-state index contributed by atoms with van der Waals surface area (Å²) in [5.74, 6) is 1.68. The molecule has 2 heterocycles. The number of aliphatic imine (C=N–C) groups is 1. The first-order valence-electron chi connectivity index (χ1n) is 9.11. The van der Waals surface area contributed by atoms with E-state index in [0.717, 1.165) is 32.1 Å². The predicted molar refractivity (Wildman–Crippen MR) is 110 cm³/mol. The molecule has 6 heteroatoms. The Morgan fingerprint density at radius 1 is 1.42 bits per heavy atom. The van der Waals surface area contributed by atoms with Gasteiger partial charge in [0.15, 0.2) is 5.96 Å². The molecule has 136 valence electrons. The first-order chi connectivity index (χ1) is 11.1. The van der Waals surface area contributed by atoms with Crippen molar-refractivity contribution >= 4 is 29.9 Å². The van der Waals surface area contributed by atoms with Crippen LogP contribution in [-0.2, 0) is 7.05 Å². The molecule has 1 aliphatic heterocycles. The molecular weight excluding hydrogens is 413 g/mol. The first kappa shape index (κ1) is 19.5. The zero-order valence-corrected chi connectivity index (χ0v) is 17.6. The van der Waals surface area contributed by atoms with E-state index < -0.39 is 0 Å². The Morgan fingerprint density at radius 2 is 2.17 bits per heavy atom. The Labute approximate surface area is 163 Å². The van der Waals surface area contributed by atoms with Crippen molar-refractivity contribution in [3.63, 3.8) is 0 Å². The van der Waals surface area contributed by atoms with Crippen molar-refractivity contribution in [2.75, 3.05) is 26.2 Å². The highest BCUT2D eigenvalue weighted by atomic mass is 127. The van der Waals surface area contributed by atoms with Crippen LogP contribution in [0, 0.1) is 5.41 Å². The van der Waals surface area contributed by atoms with Gasteiger partial charge in [0.25, 0.3) is 0 Å². The summed E-state index contributed by atoms with van der Waals surface area (Å²) in [5.41, 5.74) is 1.77. The fourth-order valence-corrected chi connectivity index (χ4v) is 3.95. The Hall–Kier alpha value is -0.790. The molecule has 0 spiro atoms. The third-order valence-corrected chi connectivity index (χ3v) is 5.44. The smallest absolute Gasteiger partial charge is 0.193 e. The lowest BCUT2D eigenvalue weighted by molar-refractivity contribution is 0.347. The topological polar surface area (TPSA) is 45.5 Å². The third-order valence-electron chi connectivity index (χ3n) is 5.44. The molecule has 1 saturated heterocycles. The van der Waals surface area contributed by atoms with Crippen LogP contribution in [0.15, 0.2) is 17.4 Å². The van der Waals surface area contributed by atoms with Crippen LogP contribution < -0.4 is 5.32 Å². The van der Waals surface area contributed by atoms with Crippen LogP contribution in [0.3, 0.4) is 0 Å². The lowest BCUT2D eigenvalue weighted by atomic mass is 9.89. The maximum atomic E-state index is 4.99. The zero-order valence-electron chi connectivity index (χ0n) is 15.3. The molecule has 0 radical (unpaired) electrons. The molecule has 0 amide bonds. The monoisotopic (exact) mass is 445 g/mol. The number of hydrogen-bond donors (Lipinski definition) is 1. The predicted octanol–water partition coefficient (Wildman–Crippen LogP) is 3.37. The van der Waals surface area contributed by atoms with E-state index >= 15 is 0 Å². The van der Waals surface area contributed by atoms with E-state index in [1.807, 2.05) is 17.9 Å². The number of nitrogens with zero attached hydrogens (tertiary/aromatic N) is 4. The molecule has 1 unspecified atom stereocenters. The highest BCUT2D eigenvalue weighted by Crippen LogP contribution is 2.37. The Balaban J connectivity index is 0.00000208. The highest BCUT2D eigenvalue weighted by molar-refractivity contribution is 14.0. The average molecular weight is 445 g/mol. The summed E-state index contributed by atoms with van der Waals surface area (Å²) < 4.78 is 1.90. The van der Waals surface area contributed by atoms with Crippen LogP contribution in [0.5, 0.6) is 0 Å². The van der Waals surface area contributed by atoms with Crippen molar-refractivity contribution in [1.29, 1.82) is 0 Å². The fraction of sp³-hybridized carbons (Fsp3) is 0.778. The van der Waals surface area contributed by atoms with Gasteiger partial charge in [0.2, 0.25) is 0 Å². The number of halogens is 1. The van der Waals surface area contributed by atoms with Crippen LogP contribution in [0.2, 0.25) is 0 Å². The minimum atomic E-state index is 0. The van der Waals surface area contributed by atoms with Crippen LogP contribution in [-0.4, -0.2) is 46.8 Å². The van der Waals surface area contributed by atoms with Crippen molar-refractivity contribution in [3.05, 3.63) is 18.0 Å². The van der Waals surface area contributed by atoms with E-state index in [-0.39, 0.29) is 24.0 Å². The van der Waals surface area contributed by atoms with Crippen molar-refractivity contribution in [1.82, 2.24) is 20.0 Å². The van der Waals surface area contributed by atoms with Gasteiger partial charge in [-0.2, -0.15) is 5.10 Å². The molecule has 2 fully saturated rings. The van der Waals surface area contributed by atoms with Crippen LogP contribution in [0.25, 0.3) is 0 Å². The van der Waals surface area contributed by atoms with Crippen molar-refractivity contribution in [2.24, 2.45) is 17.5 Å². The molecule has 1 aliphatic carbocycles. The molecular formula is C18H32IN5. The first-order valence-corrected chi connectivity index (χ1v) is 9.11. The van der Waals surface area contributed by atoms with Crippen LogP contribution in [0.1, 0.15) is 57.4 Å². The Morgan fingerprint density at radius 3 is 2.79 bits per heavy atom. The molecule has 1 saturated carbocycles. The molecule has 1 N–H and O–H groups in total. The fourth-order valence-electron chi connectivity index (χ4n) is 3.95. The van der Waals surface area contributed by atoms with Crippen molar-refractivity contribution in [2.45, 2.75) is 51.9 Å². The summed E-state index contributed by atoms with van der Waals surface area (Å²) in [4.78, 5) is 7.42. The number of hydrogen-bond acceptors (Lipinski definition) is 2. The van der Waals surface area contributed by atoms with E-state index in [2.05, 4.69) is 35.4 Å². The number of likely N-dealkylation sites (tertiary alicyclic amines) is 1. The van der Waals surface area contributed by atoms with E-state index in [9.17, 15) is 0 Å². The summed E-state index contributed by atoms with van der Waals surface area (Å²) in [6, 6.07) is 0. The zero-order chi connectivity index (χ0) is 16.3. The lowest BCUT2D eigenvalue weighted by Crippen LogP contribution is -2.40. The summed E-state index contributed by atoms with van der Waals surface area (Å²) in [5, 5.41) is 7.82. The number of aromatic nitrogens is 2. The van der Waals surface area contributed by atoms with Crippen molar-refractivity contribution in [3.8, 4) is 0 Å². The number of aryl methyl sites for hydroxylation is 1. The quantitative estimate of drug-likeness (QED) is 0.439. The van der Waals surface area contributed by atoms with Gasteiger partial charge in [0, 0.05) is 45.3 Å². The lowest BCUT2D eigenvalue weighted by Gasteiger charge is -2.25. The molecule has 1 atom stereocenters. The van der Waals surface area contributed by atoms with Crippen LogP contribution >= 0.6 is 24.0 Å². The van der Waals surface area contributed by atoms with E-state index in [4.69, 9.17) is 4.99 Å². The Bertz CT molecular complexity index is 547. The van der Waals surface area contributed by atoms with Crippen molar-refractivity contribution < 1.29 is 0 Å². The summed E-state index contributed by atoms with van der Waals surface area (Å²) in [6.07, 6.45) is 10.7.